The lowest BCUT2D eigenvalue weighted by molar-refractivity contribution is -0.113. The number of anilines is 2. The molecule has 3 rings (SSSR count). The summed E-state index contributed by atoms with van der Waals surface area (Å²) in [6, 6.07) is 9.52. The minimum Gasteiger partial charge on any atom is -0.444 e. The lowest BCUT2D eigenvalue weighted by Gasteiger charge is -2.29. The van der Waals surface area contributed by atoms with E-state index >= 15 is 0 Å². The molecular weight excluding hydrogens is 420 g/mol. The van der Waals surface area contributed by atoms with Gasteiger partial charge < -0.3 is 20.7 Å². The van der Waals surface area contributed by atoms with Crippen molar-refractivity contribution in [2.75, 3.05) is 23.3 Å². The topological polar surface area (TPSA) is 108 Å². The van der Waals surface area contributed by atoms with Crippen LogP contribution in [0.5, 0.6) is 0 Å². The summed E-state index contributed by atoms with van der Waals surface area (Å²) in [5.74, 6) is 0.0393. The van der Waals surface area contributed by atoms with Crippen molar-refractivity contribution in [3.05, 3.63) is 40.3 Å². The standard InChI is InChI=1S/C21H24N4O3S2/c1-21(2,3)28-20(27)25-9-8-15-16(10-22)19(30-17(15)11-25)24-18(26)12-29-14-6-4-13(23)5-7-14/h4-7H,8-9,11-12,23H2,1-3H3,(H,24,26). The largest absolute Gasteiger partial charge is 0.444 e. The van der Waals surface area contributed by atoms with E-state index in [1.807, 2.05) is 32.9 Å². The van der Waals surface area contributed by atoms with Gasteiger partial charge in [-0.25, -0.2) is 4.79 Å². The van der Waals surface area contributed by atoms with Crippen molar-refractivity contribution in [2.45, 2.75) is 44.2 Å². The van der Waals surface area contributed by atoms with Crippen LogP contribution < -0.4 is 11.1 Å². The molecule has 2 aromatic rings. The quantitative estimate of drug-likeness (QED) is 0.540. The summed E-state index contributed by atoms with van der Waals surface area (Å²) in [6.45, 7) is 6.34. The van der Waals surface area contributed by atoms with Gasteiger partial charge in [-0.2, -0.15) is 5.26 Å². The molecule has 0 radical (unpaired) electrons. The number of nitrogens with one attached hydrogen (secondary N) is 1. The molecule has 0 saturated heterocycles. The maximum atomic E-state index is 12.4. The third-order valence-corrected chi connectivity index (χ3v) is 6.47. The number of carbonyl (C=O) groups excluding carboxylic acids is 2. The second-order valence-electron chi connectivity index (χ2n) is 7.88. The van der Waals surface area contributed by atoms with E-state index in [0.717, 1.165) is 15.3 Å². The summed E-state index contributed by atoms with van der Waals surface area (Å²) in [7, 11) is 0. The number of thiophene rings is 1. The van der Waals surface area contributed by atoms with Crippen LogP contribution in [-0.4, -0.2) is 34.8 Å². The molecular formula is C21H24N4O3S2. The van der Waals surface area contributed by atoms with E-state index in [1.54, 1.807) is 17.0 Å². The Bertz CT molecular complexity index is 987. The molecule has 158 valence electrons. The average Bonchev–Trinajstić information content (AvgIpc) is 3.02. The molecule has 0 fully saturated rings. The molecule has 0 atom stereocenters. The molecule has 2 heterocycles. The zero-order valence-electron chi connectivity index (χ0n) is 17.2. The molecule has 0 unspecified atom stereocenters. The fourth-order valence-corrected chi connectivity index (χ4v) is 4.90. The molecule has 30 heavy (non-hydrogen) atoms. The fraction of sp³-hybridized carbons (Fsp3) is 0.381. The predicted octanol–water partition coefficient (Wildman–Crippen LogP) is 4.23. The van der Waals surface area contributed by atoms with Crippen LogP contribution in [0.15, 0.2) is 29.2 Å². The van der Waals surface area contributed by atoms with E-state index in [2.05, 4.69) is 11.4 Å². The maximum absolute atomic E-state index is 12.4. The van der Waals surface area contributed by atoms with E-state index < -0.39 is 5.60 Å². The Labute approximate surface area is 184 Å². The first-order valence-electron chi connectivity index (χ1n) is 9.47. The van der Waals surface area contributed by atoms with Gasteiger partial charge in [-0.05, 0) is 57.0 Å². The van der Waals surface area contributed by atoms with Crippen molar-refractivity contribution >= 4 is 45.8 Å². The third-order valence-electron chi connectivity index (χ3n) is 4.32. The first-order chi connectivity index (χ1) is 14.2. The molecule has 0 bridgehead atoms. The predicted molar refractivity (Wildman–Crippen MR) is 120 cm³/mol. The third kappa shape index (κ3) is 5.46. The highest BCUT2D eigenvalue weighted by atomic mass is 32.2. The average molecular weight is 445 g/mol. The smallest absolute Gasteiger partial charge is 0.410 e. The number of carbonyl (C=O) groups is 2. The van der Waals surface area contributed by atoms with Crippen molar-refractivity contribution in [1.82, 2.24) is 4.90 Å². The van der Waals surface area contributed by atoms with Gasteiger partial charge in [0, 0.05) is 22.0 Å². The highest BCUT2D eigenvalue weighted by molar-refractivity contribution is 8.00. The molecule has 1 aliphatic rings. The van der Waals surface area contributed by atoms with Gasteiger partial charge in [0.1, 0.15) is 16.7 Å². The number of nitrogens with two attached hydrogens (primary N) is 1. The molecule has 0 saturated carbocycles. The van der Waals surface area contributed by atoms with E-state index in [0.29, 0.717) is 35.8 Å². The number of thioether (sulfide) groups is 1. The van der Waals surface area contributed by atoms with Gasteiger partial charge >= 0.3 is 6.09 Å². The summed E-state index contributed by atoms with van der Waals surface area (Å²) in [4.78, 5) is 28.3. The Morgan fingerprint density at radius 2 is 2.03 bits per heavy atom. The Morgan fingerprint density at radius 1 is 1.33 bits per heavy atom. The number of nitrogen functional groups attached to an aromatic ring is 1. The van der Waals surface area contributed by atoms with Crippen molar-refractivity contribution < 1.29 is 14.3 Å². The summed E-state index contributed by atoms with van der Waals surface area (Å²) in [5.41, 5.74) is 7.18. The summed E-state index contributed by atoms with van der Waals surface area (Å²) < 4.78 is 5.45. The van der Waals surface area contributed by atoms with Crippen molar-refractivity contribution in [3.63, 3.8) is 0 Å². The van der Waals surface area contributed by atoms with Crippen LogP contribution in [0.25, 0.3) is 0 Å². The number of hydrogen-bond acceptors (Lipinski definition) is 7. The maximum Gasteiger partial charge on any atom is 0.410 e. The van der Waals surface area contributed by atoms with Crippen LogP contribution in [0.1, 0.15) is 36.8 Å². The summed E-state index contributed by atoms with van der Waals surface area (Å²) in [5, 5.41) is 13.0. The number of amides is 2. The number of ether oxygens (including phenoxy) is 1. The number of nitrogens with zero attached hydrogens (tertiary/aromatic N) is 2. The second kappa shape index (κ2) is 8.98. The number of fused-ring (bicyclic) bond motifs is 1. The first-order valence-corrected chi connectivity index (χ1v) is 11.3. The minimum atomic E-state index is -0.564. The molecule has 0 spiro atoms. The van der Waals surface area contributed by atoms with Crippen molar-refractivity contribution in [2.24, 2.45) is 0 Å². The van der Waals surface area contributed by atoms with E-state index in [9.17, 15) is 14.9 Å². The van der Waals surface area contributed by atoms with Gasteiger partial charge in [0.05, 0.1) is 17.9 Å². The SMILES string of the molecule is CC(C)(C)OC(=O)N1CCc2c(sc(NC(=O)CSc3ccc(N)cc3)c2C#N)C1. The number of hydrogen-bond donors (Lipinski definition) is 2. The number of benzene rings is 1. The van der Waals surface area contributed by atoms with Gasteiger partial charge in [-0.15, -0.1) is 23.1 Å². The van der Waals surface area contributed by atoms with Gasteiger partial charge in [-0.1, -0.05) is 0 Å². The molecule has 1 aromatic carbocycles. The Balaban J connectivity index is 1.66. The highest BCUT2D eigenvalue weighted by Gasteiger charge is 2.30. The molecule has 1 aliphatic heterocycles. The van der Waals surface area contributed by atoms with Crippen molar-refractivity contribution in [3.8, 4) is 6.07 Å². The summed E-state index contributed by atoms with van der Waals surface area (Å²) in [6.07, 6.45) is 0.190. The molecule has 7 nitrogen and oxygen atoms in total. The number of rotatable bonds is 4. The first kappa shape index (κ1) is 22.0. The van der Waals surface area contributed by atoms with Crippen molar-refractivity contribution in [1.29, 1.82) is 5.26 Å². The Morgan fingerprint density at radius 3 is 2.67 bits per heavy atom. The summed E-state index contributed by atoms with van der Waals surface area (Å²) >= 11 is 2.75. The Kier molecular flexibility index (Phi) is 6.58. The van der Waals surface area contributed by atoms with Gasteiger partial charge in [-0.3, -0.25) is 4.79 Å². The van der Waals surface area contributed by atoms with E-state index in [4.69, 9.17) is 10.5 Å². The zero-order valence-corrected chi connectivity index (χ0v) is 18.8. The van der Waals surface area contributed by atoms with E-state index in [1.165, 1.54) is 23.1 Å². The minimum absolute atomic E-state index is 0.184. The molecule has 3 N–H and O–H groups in total. The van der Waals surface area contributed by atoms with Crippen LogP contribution in [0.4, 0.5) is 15.5 Å². The van der Waals surface area contributed by atoms with Crippen LogP contribution in [-0.2, 0) is 22.5 Å². The van der Waals surface area contributed by atoms with Gasteiger partial charge in [0.25, 0.3) is 0 Å². The monoisotopic (exact) mass is 444 g/mol. The lowest BCUT2D eigenvalue weighted by atomic mass is 10.0. The van der Waals surface area contributed by atoms with Crippen LogP contribution in [0.2, 0.25) is 0 Å². The normalized spacial score (nSPS) is 13.3. The second-order valence-corrected chi connectivity index (χ2v) is 10.0. The highest BCUT2D eigenvalue weighted by Crippen LogP contribution is 2.37. The van der Waals surface area contributed by atoms with E-state index in [-0.39, 0.29) is 17.8 Å². The van der Waals surface area contributed by atoms with Crippen LogP contribution in [0.3, 0.4) is 0 Å². The number of nitriles is 1. The fourth-order valence-electron chi connectivity index (χ4n) is 2.97. The molecule has 0 aliphatic carbocycles. The lowest BCUT2D eigenvalue weighted by Crippen LogP contribution is -2.39. The van der Waals surface area contributed by atoms with Crippen LogP contribution in [0, 0.1) is 11.3 Å². The van der Waals surface area contributed by atoms with Crippen LogP contribution >= 0.6 is 23.1 Å². The molecule has 9 heteroatoms. The molecule has 1 aromatic heterocycles. The van der Waals surface area contributed by atoms with Gasteiger partial charge in [0.15, 0.2) is 0 Å². The molecule has 2 amide bonds. The Hall–Kier alpha value is -2.70. The zero-order chi connectivity index (χ0) is 21.9. The van der Waals surface area contributed by atoms with Gasteiger partial charge in [0.2, 0.25) is 5.91 Å².